The minimum absolute atomic E-state index is 0.187. The van der Waals surface area contributed by atoms with Crippen molar-refractivity contribution in [2.24, 2.45) is 0 Å². The third-order valence-corrected chi connectivity index (χ3v) is 1.75. The van der Waals surface area contributed by atoms with Gasteiger partial charge in [-0.15, -0.1) is 0 Å². The maximum atomic E-state index is 10.4. The van der Waals surface area contributed by atoms with Gasteiger partial charge in [0, 0.05) is 6.04 Å². The summed E-state index contributed by atoms with van der Waals surface area (Å²) in [4.78, 5) is 10.4. The van der Waals surface area contributed by atoms with E-state index in [1.165, 1.54) is 0 Å². The molecule has 0 spiro atoms. The predicted molar refractivity (Wildman–Crippen MR) is 53.5 cm³/mol. The Morgan fingerprint density at radius 2 is 2.43 bits per heavy atom. The minimum Gasteiger partial charge on any atom is -0.488 e. The topological polar surface area (TPSA) is 56.1 Å². The van der Waals surface area contributed by atoms with Crippen molar-refractivity contribution in [3.8, 4) is 5.75 Å². The normalized spacial score (nSPS) is 10.3. The van der Waals surface area contributed by atoms with Gasteiger partial charge in [-0.05, 0) is 20.8 Å². The number of nitrogens with one attached hydrogen (secondary N) is 1. The predicted octanol–water partition coefficient (Wildman–Crippen LogP) is 1.43. The Kier molecular flexibility index (Phi) is 3.50. The third kappa shape index (κ3) is 2.04. The highest BCUT2D eigenvalue weighted by Crippen LogP contribution is 2.26. The average molecular weight is 197 g/mol. The van der Waals surface area contributed by atoms with Crippen molar-refractivity contribution in [1.29, 1.82) is 0 Å². The summed E-state index contributed by atoms with van der Waals surface area (Å²) in [7, 11) is 0. The lowest BCUT2D eigenvalue weighted by Gasteiger charge is -2.10. The first-order valence-corrected chi connectivity index (χ1v) is 4.61. The number of carbonyl (C=O) groups excluding carboxylic acids is 1. The number of aromatic nitrogens is 2. The fourth-order valence-corrected chi connectivity index (χ4v) is 1.19. The van der Waals surface area contributed by atoms with Gasteiger partial charge in [0.25, 0.3) is 0 Å². The molecule has 0 bridgehead atoms. The molecule has 1 N–H and O–H groups in total. The highest BCUT2D eigenvalue weighted by Gasteiger charge is 2.12. The fourth-order valence-electron chi connectivity index (χ4n) is 1.19. The Balaban J connectivity index is 2.99. The van der Waals surface area contributed by atoms with Gasteiger partial charge in [-0.2, -0.15) is 5.10 Å². The summed E-state index contributed by atoms with van der Waals surface area (Å²) in [5.74, 6) is 1.21. The Labute approximate surface area is 83.1 Å². The van der Waals surface area contributed by atoms with Crippen molar-refractivity contribution >= 4 is 12.2 Å². The van der Waals surface area contributed by atoms with Crippen LogP contribution in [0.15, 0.2) is 6.20 Å². The number of rotatable bonds is 5. The zero-order valence-corrected chi connectivity index (χ0v) is 8.65. The highest BCUT2D eigenvalue weighted by atomic mass is 16.5. The molecule has 0 aliphatic carbocycles. The molecule has 1 heterocycles. The zero-order chi connectivity index (χ0) is 10.6. The van der Waals surface area contributed by atoms with E-state index in [2.05, 4.69) is 10.4 Å². The monoisotopic (exact) mass is 197 g/mol. The van der Waals surface area contributed by atoms with Crippen LogP contribution in [0, 0.1) is 0 Å². The first kappa shape index (κ1) is 10.6. The molecule has 0 saturated heterocycles. The third-order valence-electron chi connectivity index (χ3n) is 1.75. The van der Waals surface area contributed by atoms with Crippen LogP contribution in [0.5, 0.6) is 5.75 Å². The Morgan fingerprint density at radius 1 is 1.71 bits per heavy atom. The molecule has 1 rings (SSSR count). The van der Waals surface area contributed by atoms with Gasteiger partial charge >= 0.3 is 0 Å². The van der Waals surface area contributed by atoms with Gasteiger partial charge in [-0.1, -0.05) is 0 Å². The Hall–Kier alpha value is -1.52. The van der Waals surface area contributed by atoms with Crippen LogP contribution >= 0.6 is 0 Å². The lowest BCUT2D eigenvalue weighted by Crippen LogP contribution is -2.09. The van der Waals surface area contributed by atoms with Crippen molar-refractivity contribution in [2.45, 2.75) is 26.8 Å². The van der Waals surface area contributed by atoms with Crippen molar-refractivity contribution in [3.63, 3.8) is 0 Å². The molecule has 0 aliphatic heterocycles. The largest absolute Gasteiger partial charge is 0.488 e. The van der Waals surface area contributed by atoms with Gasteiger partial charge in [0.1, 0.15) is 0 Å². The van der Waals surface area contributed by atoms with Gasteiger partial charge in [0.05, 0.1) is 12.8 Å². The van der Waals surface area contributed by atoms with Gasteiger partial charge in [-0.3, -0.25) is 4.79 Å². The first-order chi connectivity index (χ1) is 6.70. The van der Waals surface area contributed by atoms with E-state index in [1.807, 2.05) is 20.8 Å². The Bertz CT molecular complexity index is 307. The molecule has 0 unspecified atom stereocenters. The molecule has 5 heteroatoms. The van der Waals surface area contributed by atoms with Gasteiger partial charge in [0.15, 0.2) is 11.6 Å². The van der Waals surface area contributed by atoms with Crippen LogP contribution in [0.4, 0.5) is 5.82 Å². The molecular weight excluding hydrogens is 182 g/mol. The van der Waals surface area contributed by atoms with Crippen molar-refractivity contribution in [3.05, 3.63) is 6.20 Å². The number of amides is 1. The SMILES string of the molecule is CCOc1cnn(C(C)C)c1NC=O. The fraction of sp³-hybridized carbons (Fsp3) is 0.556. The van der Waals surface area contributed by atoms with Crippen molar-refractivity contribution in [2.75, 3.05) is 11.9 Å². The van der Waals surface area contributed by atoms with Gasteiger partial charge in [0.2, 0.25) is 6.41 Å². The lowest BCUT2D eigenvalue weighted by atomic mass is 10.4. The highest BCUT2D eigenvalue weighted by molar-refractivity contribution is 5.72. The molecule has 0 aliphatic rings. The second-order valence-corrected chi connectivity index (χ2v) is 3.09. The summed E-state index contributed by atoms with van der Waals surface area (Å²) >= 11 is 0. The summed E-state index contributed by atoms with van der Waals surface area (Å²) in [5.41, 5.74) is 0. The number of hydrogen-bond acceptors (Lipinski definition) is 3. The molecule has 0 atom stereocenters. The molecule has 5 nitrogen and oxygen atoms in total. The quantitative estimate of drug-likeness (QED) is 0.726. The van der Waals surface area contributed by atoms with Crippen molar-refractivity contribution < 1.29 is 9.53 Å². The van der Waals surface area contributed by atoms with Crippen LogP contribution < -0.4 is 10.1 Å². The molecule has 0 radical (unpaired) electrons. The molecule has 1 aromatic rings. The van der Waals surface area contributed by atoms with Crippen LogP contribution in [0.25, 0.3) is 0 Å². The second-order valence-electron chi connectivity index (χ2n) is 3.09. The van der Waals surface area contributed by atoms with E-state index in [9.17, 15) is 4.79 Å². The van der Waals surface area contributed by atoms with Crippen LogP contribution in [0.2, 0.25) is 0 Å². The molecule has 14 heavy (non-hydrogen) atoms. The summed E-state index contributed by atoms with van der Waals surface area (Å²) in [6.07, 6.45) is 2.23. The van der Waals surface area contributed by atoms with Gasteiger partial charge in [-0.25, -0.2) is 4.68 Å². The molecule has 0 fully saturated rings. The summed E-state index contributed by atoms with van der Waals surface area (Å²) < 4.78 is 7.02. The lowest BCUT2D eigenvalue weighted by molar-refractivity contribution is -0.105. The number of anilines is 1. The van der Waals surface area contributed by atoms with Crippen molar-refractivity contribution in [1.82, 2.24) is 9.78 Å². The molecular formula is C9H15N3O2. The van der Waals surface area contributed by atoms with E-state index in [1.54, 1.807) is 10.9 Å². The van der Waals surface area contributed by atoms with E-state index >= 15 is 0 Å². The maximum absolute atomic E-state index is 10.4. The minimum atomic E-state index is 0.187. The summed E-state index contributed by atoms with van der Waals surface area (Å²) in [6.45, 7) is 6.41. The molecule has 0 aromatic carbocycles. The van der Waals surface area contributed by atoms with Gasteiger partial charge < -0.3 is 10.1 Å². The summed E-state index contributed by atoms with van der Waals surface area (Å²) in [5, 5.41) is 6.71. The standard InChI is InChI=1S/C9H15N3O2/c1-4-14-8-5-11-12(7(2)3)9(8)10-6-13/h5-7H,4H2,1-3H3,(H,10,13). The second kappa shape index (κ2) is 4.64. The van der Waals surface area contributed by atoms with Crippen LogP contribution in [0.3, 0.4) is 0 Å². The van der Waals surface area contributed by atoms with E-state index < -0.39 is 0 Å². The van der Waals surface area contributed by atoms with Crippen LogP contribution in [-0.2, 0) is 4.79 Å². The van der Waals surface area contributed by atoms with Crippen LogP contribution in [0.1, 0.15) is 26.8 Å². The molecule has 1 amide bonds. The number of nitrogens with zero attached hydrogens (tertiary/aromatic N) is 2. The van der Waals surface area contributed by atoms with E-state index in [4.69, 9.17) is 4.74 Å². The van der Waals surface area contributed by atoms with E-state index in [0.717, 1.165) is 0 Å². The smallest absolute Gasteiger partial charge is 0.212 e. The first-order valence-electron chi connectivity index (χ1n) is 4.61. The zero-order valence-electron chi connectivity index (χ0n) is 8.65. The molecule has 0 saturated carbocycles. The number of ether oxygens (including phenoxy) is 1. The summed E-state index contributed by atoms with van der Waals surface area (Å²) in [6, 6.07) is 0.187. The number of carbonyl (C=O) groups is 1. The average Bonchev–Trinajstić information content (AvgIpc) is 2.50. The van der Waals surface area contributed by atoms with Crippen LogP contribution in [-0.4, -0.2) is 22.8 Å². The molecule has 78 valence electrons. The number of hydrogen-bond donors (Lipinski definition) is 1. The van der Waals surface area contributed by atoms with E-state index in [0.29, 0.717) is 24.6 Å². The Morgan fingerprint density at radius 3 is 2.93 bits per heavy atom. The molecule has 1 aromatic heterocycles. The van der Waals surface area contributed by atoms with E-state index in [-0.39, 0.29) is 6.04 Å². The maximum Gasteiger partial charge on any atom is 0.212 e.